The van der Waals surface area contributed by atoms with Gasteiger partial charge in [0.2, 0.25) is 10.0 Å². The second-order valence-corrected chi connectivity index (χ2v) is 10.7. The largest absolute Gasteiger partial charge is 0.494 e. The molecule has 27 heavy (non-hydrogen) atoms. The number of aryl methyl sites for hydroxylation is 1. The van der Waals surface area contributed by atoms with Crippen LogP contribution in [0, 0.1) is 6.92 Å². The number of hydrogen-bond donors (Lipinski definition) is 0. The third-order valence-corrected chi connectivity index (χ3v) is 7.40. The van der Waals surface area contributed by atoms with Gasteiger partial charge in [-0.3, -0.25) is 4.90 Å². The molecule has 0 aliphatic carbocycles. The Morgan fingerprint density at radius 1 is 1.04 bits per heavy atom. The van der Waals surface area contributed by atoms with Gasteiger partial charge in [0.1, 0.15) is 0 Å². The first-order valence-electron chi connectivity index (χ1n) is 9.52. The molecule has 0 amide bonds. The molecule has 0 unspecified atom stereocenters. The molecule has 2 saturated heterocycles. The summed E-state index contributed by atoms with van der Waals surface area (Å²) in [6.07, 6.45) is 1.28. The third kappa shape index (κ3) is 4.40. The number of benzene rings is 1. The Hall–Kier alpha value is -0.925. The molecule has 1 aromatic rings. The molecule has 0 spiro atoms. The Labute approximate surface area is 164 Å². The van der Waals surface area contributed by atoms with Crippen LogP contribution in [0.2, 0.25) is 0 Å². The summed E-state index contributed by atoms with van der Waals surface area (Å²) in [5.74, 6) is 0. The fraction of sp³-hybridized carbons (Fsp3) is 0.684. The summed E-state index contributed by atoms with van der Waals surface area (Å²) in [5, 5.41) is 0. The summed E-state index contributed by atoms with van der Waals surface area (Å²) in [5.41, 5.74) is 2.77. The van der Waals surface area contributed by atoms with E-state index in [9.17, 15) is 8.42 Å². The van der Waals surface area contributed by atoms with Crippen molar-refractivity contribution in [1.29, 1.82) is 0 Å². The smallest absolute Gasteiger partial charge is 0.399 e. The molecule has 2 heterocycles. The second kappa shape index (κ2) is 7.15. The van der Waals surface area contributed by atoms with Crippen molar-refractivity contribution in [3.05, 3.63) is 29.3 Å². The minimum Gasteiger partial charge on any atom is -0.399 e. The normalized spacial score (nSPS) is 23.7. The van der Waals surface area contributed by atoms with E-state index in [0.29, 0.717) is 13.1 Å². The molecule has 150 valence electrons. The molecule has 1 aromatic carbocycles. The minimum atomic E-state index is -3.10. The zero-order chi connectivity index (χ0) is 20.0. The molecule has 0 saturated carbocycles. The van der Waals surface area contributed by atoms with Crippen LogP contribution in [0.4, 0.5) is 0 Å². The minimum absolute atomic E-state index is 0.356. The number of sulfonamides is 1. The van der Waals surface area contributed by atoms with Gasteiger partial charge in [-0.25, -0.2) is 8.42 Å². The average molecular weight is 394 g/mol. The first kappa shape index (κ1) is 20.8. The van der Waals surface area contributed by atoms with Gasteiger partial charge >= 0.3 is 7.12 Å². The molecule has 6 nitrogen and oxygen atoms in total. The topological polar surface area (TPSA) is 59.1 Å². The monoisotopic (exact) mass is 394 g/mol. The van der Waals surface area contributed by atoms with E-state index in [1.54, 1.807) is 4.31 Å². The summed E-state index contributed by atoms with van der Waals surface area (Å²) in [6.45, 7) is 13.7. The van der Waals surface area contributed by atoms with Gasteiger partial charge in [0, 0.05) is 32.7 Å². The van der Waals surface area contributed by atoms with E-state index < -0.39 is 10.0 Å². The molecule has 8 heteroatoms. The van der Waals surface area contributed by atoms with Crippen molar-refractivity contribution in [3.8, 4) is 0 Å². The lowest BCUT2D eigenvalue weighted by Gasteiger charge is -2.33. The summed E-state index contributed by atoms with van der Waals surface area (Å²) >= 11 is 0. The third-order valence-electron chi connectivity index (χ3n) is 6.09. The first-order valence-corrected chi connectivity index (χ1v) is 11.4. The maximum Gasteiger partial charge on any atom is 0.494 e. The predicted octanol–water partition coefficient (Wildman–Crippen LogP) is 1.37. The predicted molar refractivity (Wildman–Crippen MR) is 109 cm³/mol. The summed E-state index contributed by atoms with van der Waals surface area (Å²) < 4.78 is 37.3. The van der Waals surface area contributed by atoms with E-state index in [-0.39, 0.29) is 18.3 Å². The Kier molecular flexibility index (Phi) is 5.51. The SMILES string of the molecule is Cc1ccc(B2OC(C)(C)C(C)(C)O2)cc1CN1CCN(S(C)(=O)=O)CC1. The molecule has 2 fully saturated rings. The van der Waals surface area contributed by atoms with Gasteiger partial charge in [-0.1, -0.05) is 18.2 Å². The average Bonchev–Trinajstić information content (AvgIpc) is 2.77. The fourth-order valence-corrected chi connectivity index (χ4v) is 4.27. The van der Waals surface area contributed by atoms with Crippen LogP contribution in [0.15, 0.2) is 18.2 Å². The molecule has 0 atom stereocenters. The number of rotatable bonds is 4. The van der Waals surface area contributed by atoms with Gasteiger partial charge in [-0.15, -0.1) is 0 Å². The maximum absolute atomic E-state index is 11.7. The molecule has 3 rings (SSSR count). The Balaban J connectivity index is 1.70. The van der Waals surface area contributed by atoms with Crippen molar-refractivity contribution >= 4 is 22.6 Å². The van der Waals surface area contributed by atoms with E-state index in [2.05, 4.69) is 57.7 Å². The summed E-state index contributed by atoms with van der Waals surface area (Å²) in [4.78, 5) is 2.30. The van der Waals surface area contributed by atoms with Gasteiger partial charge in [-0.05, 0) is 51.2 Å². The van der Waals surface area contributed by atoms with Crippen molar-refractivity contribution in [2.24, 2.45) is 0 Å². The molecular formula is C19H31BN2O4S. The van der Waals surface area contributed by atoms with Crippen molar-refractivity contribution < 1.29 is 17.7 Å². The van der Waals surface area contributed by atoms with Crippen molar-refractivity contribution in [2.45, 2.75) is 52.4 Å². The highest BCUT2D eigenvalue weighted by Crippen LogP contribution is 2.36. The number of hydrogen-bond acceptors (Lipinski definition) is 5. The first-order chi connectivity index (χ1) is 12.4. The molecule has 2 aliphatic heterocycles. The molecule has 0 bridgehead atoms. The standard InChI is InChI=1S/C19H31BN2O4S/c1-15-7-8-17(20-25-18(2,3)19(4,5)26-20)13-16(15)14-21-9-11-22(12-10-21)27(6,23)24/h7-8,13H,9-12,14H2,1-6H3. The van der Waals surface area contributed by atoms with Crippen LogP contribution < -0.4 is 5.46 Å². The van der Waals surface area contributed by atoms with Crippen LogP contribution in [0.25, 0.3) is 0 Å². The van der Waals surface area contributed by atoms with Crippen LogP contribution in [0.3, 0.4) is 0 Å². The van der Waals surface area contributed by atoms with Crippen LogP contribution in [-0.4, -0.2) is 68.4 Å². The van der Waals surface area contributed by atoms with E-state index in [0.717, 1.165) is 25.1 Å². The molecular weight excluding hydrogens is 363 g/mol. The van der Waals surface area contributed by atoms with Crippen molar-refractivity contribution in [3.63, 3.8) is 0 Å². The van der Waals surface area contributed by atoms with E-state index in [1.807, 2.05) is 0 Å². The Morgan fingerprint density at radius 3 is 2.11 bits per heavy atom. The summed E-state index contributed by atoms with van der Waals surface area (Å²) in [7, 11) is -3.46. The highest BCUT2D eigenvalue weighted by atomic mass is 32.2. The quantitative estimate of drug-likeness (QED) is 0.722. The van der Waals surface area contributed by atoms with Crippen molar-refractivity contribution in [1.82, 2.24) is 9.21 Å². The van der Waals surface area contributed by atoms with Crippen LogP contribution >= 0.6 is 0 Å². The van der Waals surface area contributed by atoms with E-state index in [1.165, 1.54) is 17.4 Å². The number of nitrogens with zero attached hydrogens (tertiary/aromatic N) is 2. The molecule has 0 aromatic heterocycles. The van der Waals surface area contributed by atoms with E-state index in [4.69, 9.17) is 9.31 Å². The van der Waals surface area contributed by atoms with Gasteiger partial charge in [-0.2, -0.15) is 4.31 Å². The zero-order valence-electron chi connectivity index (χ0n) is 17.3. The lowest BCUT2D eigenvalue weighted by Crippen LogP contribution is -2.48. The van der Waals surface area contributed by atoms with Gasteiger partial charge in [0.25, 0.3) is 0 Å². The van der Waals surface area contributed by atoms with Crippen LogP contribution in [0.5, 0.6) is 0 Å². The zero-order valence-corrected chi connectivity index (χ0v) is 18.1. The summed E-state index contributed by atoms with van der Waals surface area (Å²) in [6, 6.07) is 6.35. The van der Waals surface area contributed by atoms with Crippen molar-refractivity contribution in [2.75, 3.05) is 32.4 Å². The highest BCUT2D eigenvalue weighted by Gasteiger charge is 2.51. The van der Waals surface area contributed by atoms with Gasteiger partial charge < -0.3 is 9.31 Å². The molecule has 2 aliphatic rings. The Morgan fingerprint density at radius 2 is 1.59 bits per heavy atom. The fourth-order valence-electron chi connectivity index (χ4n) is 3.45. The van der Waals surface area contributed by atoms with E-state index >= 15 is 0 Å². The molecule has 0 radical (unpaired) electrons. The second-order valence-electron chi connectivity index (χ2n) is 8.71. The number of piperazine rings is 1. The van der Waals surface area contributed by atoms with Crippen LogP contribution in [0.1, 0.15) is 38.8 Å². The lowest BCUT2D eigenvalue weighted by atomic mass is 9.77. The molecule has 0 N–H and O–H groups in total. The Bertz CT molecular complexity index is 786. The lowest BCUT2D eigenvalue weighted by molar-refractivity contribution is 0.00578. The van der Waals surface area contributed by atoms with Gasteiger partial charge in [0.15, 0.2) is 0 Å². The maximum atomic E-state index is 11.7. The van der Waals surface area contributed by atoms with Gasteiger partial charge in [0.05, 0.1) is 17.5 Å². The van der Waals surface area contributed by atoms with Crippen LogP contribution in [-0.2, 0) is 25.9 Å². The highest BCUT2D eigenvalue weighted by molar-refractivity contribution is 7.88.